The minimum Gasteiger partial charge on any atom is -0.452 e. The molecule has 0 aliphatic rings. The van der Waals surface area contributed by atoms with Gasteiger partial charge in [0.05, 0.1) is 5.56 Å². The van der Waals surface area contributed by atoms with Gasteiger partial charge in [0, 0.05) is 12.2 Å². The fraction of sp³-hybridized carbons (Fsp3) is 0.348. The third kappa shape index (κ3) is 7.95. The molecule has 0 radical (unpaired) electrons. The summed E-state index contributed by atoms with van der Waals surface area (Å²) < 4.78 is 10.2. The third-order valence-corrected chi connectivity index (χ3v) is 4.08. The highest BCUT2D eigenvalue weighted by Crippen LogP contribution is 2.13. The number of anilines is 1. The number of ether oxygens (including phenoxy) is 2. The highest BCUT2D eigenvalue weighted by Gasteiger charge is 2.16. The molecular weight excluding hydrogens is 384 g/mol. The first kappa shape index (κ1) is 22.9. The third-order valence-electron chi connectivity index (χ3n) is 4.08. The van der Waals surface area contributed by atoms with Crippen LogP contribution in [0.1, 0.15) is 42.3 Å². The van der Waals surface area contributed by atoms with Crippen LogP contribution < -0.4 is 10.6 Å². The monoisotopic (exact) mass is 412 g/mol. The number of nitrogens with one attached hydrogen (secondary N) is 2. The maximum atomic E-state index is 12.1. The Bertz CT molecular complexity index is 885. The summed E-state index contributed by atoms with van der Waals surface area (Å²) >= 11 is 0. The number of benzene rings is 2. The zero-order chi connectivity index (χ0) is 22.1. The van der Waals surface area contributed by atoms with Gasteiger partial charge in [-0.3, -0.25) is 10.1 Å². The highest BCUT2D eigenvalue weighted by atomic mass is 16.6. The molecule has 0 unspecified atom stereocenters. The van der Waals surface area contributed by atoms with E-state index in [1.807, 2.05) is 31.2 Å². The van der Waals surface area contributed by atoms with Crippen LogP contribution in [0.15, 0.2) is 48.5 Å². The Kier molecular flexibility index (Phi) is 7.98. The maximum absolute atomic E-state index is 12.1. The molecule has 2 N–H and O–H groups in total. The summed E-state index contributed by atoms with van der Waals surface area (Å²) in [7, 11) is 0. The van der Waals surface area contributed by atoms with Gasteiger partial charge in [0.2, 0.25) is 0 Å². The molecule has 0 fully saturated rings. The molecule has 0 aromatic heterocycles. The number of aryl methyl sites for hydroxylation is 1. The van der Waals surface area contributed by atoms with Crippen LogP contribution in [-0.4, -0.2) is 36.7 Å². The van der Waals surface area contributed by atoms with E-state index in [4.69, 9.17) is 9.47 Å². The molecule has 0 aliphatic carbocycles. The Morgan fingerprint density at radius 3 is 2.27 bits per heavy atom. The van der Waals surface area contributed by atoms with E-state index in [0.717, 1.165) is 5.56 Å². The van der Waals surface area contributed by atoms with E-state index in [2.05, 4.69) is 10.6 Å². The van der Waals surface area contributed by atoms with Crippen LogP contribution in [0.2, 0.25) is 0 Å². The van der Waals surface area contributed by atoms with Crippen molar-refractivity contribution in [2.45, 2.75) is 39.7 Å². The molecule has 0 spiro atoms. The average molecular weight is 412 g/mol. The Hall–Kier alpha value is -3.35. The molecular formula is C23H28N2O5. The average Bonchev–Trinajstić information content (AvgIpc) is 2.66. The van der Waals surface area contributed by atoms with E-state index >= 15 is 0 Å². The van der Waals surface area contributed by atoms with Gasteiger partial charge in [-0.1, -0.05) is 24.3 Å². The lowest BCUT2D eigenvalue weighted by Crippen LogP contribution is -2.30. The summed E-state index contributed by atoms with van der Waals surface area (Å²) in [5.74, 6) is -0.979. The summed E-state index contributed by atoms with van der Waals surface area (Å²) in [6, 6.07) is 14.1. The lowest BCUT2D eigenvalue weighted by Gasteiger charge is -2.19. The highest BCUT2D eigenvalue weighted by molar-refractivity contribution is 5.92. The van der Waals surface area contributed by atoms with E-state index in [0.29, 0.717) is 18.7 Å². The molecule has 2 aromatic carbocycles. The van der Waals surface area contributed by atoms with Crippen molar-refractivity contribution in [3.63, 3.8) is 0 Å². The molecule has 0 saturated heterocycles. The fourth-order valence-electron chi connectivity index (χ4n) is 2.60. The van der Waals surface area contributed by atoms with Gasteiger partial charge in [0.15, 0.2) is 6.61 Å². The van der Waals surface area contributed by atoms with Gasteiger partial charge in [-0.2, -0.15) is 0 Å². The minimum atomic E-state index is -0.618. The minimum absolute atomic E-state index is 0.275. The van der Waals surface area contributed by atoms with E-state index in [9.17, 15) is 14.4 Å². The first-order valence-corrected chi connectivity index (χ1v) is 9.72. The molecule has 2 rings (SSSR count). The molecule has 0 aliphatic heterocycles. The molecule has 0 atom stereocenters. The second-order valence-corrected chi connectivity index (χ2v) is 7.81. The molecule has 2 amide bonds. The van der Waals surface area contributed by atoms with E-state index in [-0.39, 0.29) is 18.1 Å². The Morgan fingerprint density at radius 2 is 1.63 bits per heavy atom. The van der Waals surface area contributed by atoms with Gasteiger partial charge in [-0.25, -0.2) is 9.59 Å². The number of carbonyl (C=O) groups excluding carboxylic acids is 3. The molecule has 160 valence electrons. The van der Waals surface area contributed by atoms with E-state index in [1.165, 1.54) is 17.7 Å². The quantitative estimate of drug-likeness (QED) is 0.674. The number of esters is 1. The summed E-state index contributed by atoms with van der Waals surface area (Å²) in [5.41, 5.74) is 2.48. The molecule has 7 heteroatoms. The number of hydrogen-bond donors (Lipinski definition) is 2. The van der Waals surface area contributed by atoms with Crippen molar-refractivity contribution in [3.05, 3.63) is 65.2 Å². The van der Waals surface area contributed by atoms with E-state index < -0.39 is 17.7 Å². The summed E-state index contributed by atoms with van der Waals surface area (Å²) in [6.45, 7) is 7.43. The summed E-state index contributed by atoms with van der Waals surface area (Å²) in [6.07, 6.45) is 0.124. The Balaban J connectivity index is 1.74. The Labute approximate surface area is 176 Å². The normalized spacial score (nSPS) is 10.8. The van der Waals surface area contributed by atoms with Crippen molar-refractivity contribution in [2.24, 2.45) is 0 Å². The van der Waals surface area contributed by atoms with Gasteiger partial charge in [0.1, 0.15) is 5.60 Å². The molecule has 7 nitrogen and oxygen atoms in total. The number of amides is 2. The van der Waals surface area contributed by atoms with Crippen molar-refractivity contribution in [1.29, 1.82) is 0 Å². The summed E-state index contributed by atoms with van der Waals surface area (Å²) in [4.78, 5) is 35.7. The molecule has 30 heavy (non-hydrogen) atoms. The van der Waals surface area contributed by atoms with Gasteiger partial charge in [-0.15, -0.1) is 0 Å². The molecule has 0 saturated carbocycles. The van der Waals surface area contributed by atoms with Crippen LogP contribution in [0, 0.1) is 6.92 Å². The second-order valence-electron chi connectivity index (χ2n) is 7.81. The Morgan fingerprint density at radius 1 is 0.967 bits per heavy atom. The zero-order valence-corrected chi connectivity index (χ0v) is 17.8. The van der Waals surface area contributed by atoms with Gasteiger partial charge < -0.3 is 14.8 Å². The standard InChI is InChI=1S/C23H28N2O5/c1-16-7-5-6-8-17(16)13-14-24-20(26)15-29-21(27)18-9-11-19(12-10-18)25-22(28)30-23(2,3)4/h5-12H,13-15H2,1-4H3,(H,24,26)(H,25,28). The second kappa shape index (κ2) is 10.4. The van der Waals surface area contributed by atoms with Gasteiger partial charge in [-0.05, 0) is 69.5 Å². The van der Waals surface area contributed by atoms with Crippen molar-refractivity contribution < 1.29 is 23.9 Å². The molecule has 0 heterocycles. The number of carbonyl (C=O) groups is 3. The maximum Gasteiger partial charge on any atom is 0.412 e. The van der Waals surface area contributed by atoms with Crippen LogP contribution in [-0.2, 0) is 20.7 Å². The van der Waals surface area contributed by atoms with Crippen LogP contribution in [0.4, 0.5) is 10.5 Å². The van der Waals surface area contributed by atoms with Gasteiger partial charge in [0.25, 0.3) is 5.91 Å². The molecule has 0 bridgehead atoms. The lowest BCUT2D eigenvalue weighted by atomic mass is 10.1. The topological polar surface area (TPSA) is 93.7 Å². The van der Waals surface area contributed by atoms with Crippen LogP contribution in [0.25, 0.3) is 0 Å². The first-order valence-electron chi connectivity index (χ1n) is 9.72. The predicted molar refractivity (Wildman–Crippen MR) is 114 cm³/mol. The van der Waals surface area contributed by atoms with Crippen LogP contribution in [0.3, 0.4) is 0 Å². The lowest BCUT2D eigenvalue weighted by molar-refractivity contribution is -0.124. The largest absolute Gasteiger partial charge is 0.452 e. The fourth-order valence-corrected chi connectivity index (χ4v) is 2.60. The summed E-state index contributed by atoms with van der Waals surface area (Å²) in [5, 5.41) is 5.31. The van der Waals surface area contributed by atoms with Crippen molar-refractivity contribution in [3.8, 4) is 0 Å². The zero-order valence-electron chi connectivity index (χ0n) is 17.8. The van der Waals surface area contributed by atoms with Crippen LogP contribution in [0.5, 0.6) is 0 Å². The predicted octanol–water partition coefficient (Wildman–Crippen LogP) is 3.86. The van der Waals surface area contributed by atoms with Crippen molar-refractivity contribution in [2.75, 3.05) is 18.5 Å². The van der Waals surface area contributed by atoms with E-state index in [1.54, 1.807) is 32.9 Å². The van der Waals surface area contributed by atoms with Crippen LogP contribution >= 0.6 is 0 Å². The smallest absolute Gasteiger partial charge is 0.412 e. The molecule has 2 aromatic rings. The first-order chi connectivity index (χ1) is 14.1. The number of rotatable bonds is 7. The van der Waals surface area contributed by atoms with Gasteiger partial charge >= 0.3 is 12.1 Å². The SMILES string of the molecule is Cc1ccccc1CCNC(=O)COC(=O)c1ccc(NC(=O)OC(C)(C)C)cc1. The van der Waals surface area contributed by atoms with Crippen molar-refractivity contribution >= 4 is 23.7 Å². The van der Waals surface area contributed by atoms with Crippen molar-refractivity contribution in [1.82, 2.24) is 5.32 Å². The number of hydrogen-bond acceptors (Lipinski definition) is 5.